The van der Waals surface area contributed by atoms with E-state index < -0.39 is 11.9 Å². The zero-order chi connectivity index (χ0) is 22.9. The highest BCUT2D eigenvalue weighted by Gasteiger charge is 2.12. The number of aromatic carboxylic acids is 2. The van der Waals surface area contributed by atoms with Gasteiger partial charge in [-0.05, 0) is 87.3 Å². The van der Waals surface area contributed by atoms with Crippen molar-refractivity contribution >= 4 is 45.6 Å². The summed E-state index contributed by atoms with van der Waals surface area (Å²) in [6.07, 6.45) is 11.4. The third-order valence-corrected chi connectivity index (χ3v) is 6.25. The number of carbonyl (C=O) groups is 2. The highest BCUT2D eigenvalue weighted by molar-refractivity contribution is 6.01. The molecule has 0 spiro atoms. The number of carboxylic acid groups (broad SMARTS) is 2. The molecule has 0 amide bonds. The Hall–Kier alpha value is -4.18. The van der Waals surface area contributed by atoms with E-state index in [2.05, 4.69) is 30.4 Å². The standard InChI is InChI=1S/C15H12O2.C14H10O2/c16-15(17)12-7-8-14-11(9-12)6-5-10-3-1-2-4-13(10)14;15-14(16)12-7-10-5-1-3-9-4-2-6-11(8-12)13(9)10/h1,3,5-9H,2,4H2,(H,16,17);1-3,5-8H,4H2,(H,15,16). The van der Waals surface area contributed by atoms with Crippen LogP contribution in [0.25, 0.3) is 33.7 Å². The van der Waals surface area contributed by atoms with E-state index in [4.69, 9.17) is 10.2 Å². The van der Waals surface area contributed by atoms with Crippen LogP contribution in [0.3, 0.4) is 0 Å². The molecule has 0 atom stereocenters. The van der Waals surface area contributed by atoms with Gasteiger partial charge in [0.25, 0.3) is 0 Å². The molecule has 162 valence electrons. The highest BCUT2D eigenvalue weighted by Crippen LogP contribution is 2.30. The van der Waals surface area contributed by atoms with Crippen LogP contribution in [0.2, 0.25) is 0 Å². The molecule has 6 rings (SSSR count). The van der Waals surface area contributed by atoms with E-state index in [0.29, 0.717) is 11.1 Å². The van der Waals surface area contributed by atoms with Gasteiger partial charge in [-0.15, -0.1) is 0 Å². The molecule has 0 unspecified atom stereocenters. The molecule has 4 aromatic carbocycles. The Morgan fingerprint density at radius 2 is 1.52 bits per heavy atom. The fourth-order valence-electron chi connectivity index (χ4n) is 4.70. The van der Waals surface area contributed by atoms with E-state index in [-0.39, 0.29) is 0 Å². The predicted molar refractivity (Wildman–Crippen MR) is 132 cm³/mol. The lowest BCUT2D eigenvalue weighted by Crippen LogP contribution is -1.99. The van der Waals surface area contributed by atoms with E-state index in [1.807, 2.05) is 30.3 Å². The van der Waals surface area contributed by atoms with E-state index in [9.17, 15) is 9.59 Å². The van der Waals surface area contributed by atoms with Crippen molar-refractivity contribution in [2.24, 2.45) is 0 Å². The summed E-state index contributed by atoms with van der Waals surface area (Å²) >= 11 is 0. The van der Waals surface area contributed by atoms with Crippen LogP contribution in [-0.4, -0.2) is 22.2 Å². The van der Waals surface area contributed by atoms with E-state index in [1.54, 1.807) is 24.3 Å². The molecule has 2 aliphatic carbocycles. The normalized spacial score (nSPS) is 13.3. The molecule has 0 bridgehead atoms. The Bertz CT molecular complexity index is 1490. The first kappa shape index (κ1) is 20.7. The second-order valence-electron chi connectivity index (χ2n) is 8.31. The van der Waals surface area contributed by atoms with Gasteiger partial charge in [0.2, 0.25) is 0 Å². The van der Waals surface area contributed by atoms with E-state index in [1.165, 1.54) is 27.5 Å². The minimum Gasteiger partial charge on any atom is -0.478 e. The molecule has 2 N–H and O–H groups in total. The van der Waals surface area contributed by atoms with Crippen molar-refractivity contribution in [3.63, 3.8) is 0 Å². The van der Waals surface area contributed by atoms with Crippen LogP contribution in [0.15, 0.2) is 72.8 Å². The topological polar surface area (TPSA) is 74.6 Å². The van der Waals surface area contributed by atoms with Crippen LogP contribution < -0.4 is 0 Å². The Kier molecular flexibility index (Phi) is 5.27. The Morgan fingerprint density at radius 1 is 0.727 bits per heavy atom. The first-order valence-electron chi connectivity index (χ1n) is 10.9. The number of fused-ring (bicyclic) bond motifs is 3. The van der Waals surface area contributed by atoms with Gasteiger partial charge in [0.05, 0.1) is 11.1 Å². The quantitative estimate of drug-likeness (QED) is 0.372. The number of allylic oxidation sites excluding steroid dienone is 2. The maximum absolute atomic E-state index is 11.0. The molecule has 0 heterocycles. The molecule has 4 aromatic rings. The van der Waals surface area contributed by atoms with Gasteiger partial charge in [0.15, 0.2) is 0 Å². The van der Waals surface area contributed by atoms with Crippen LogP contribution in [0, 0.1) is 0 Å². The number of benzene rings is 4. The Morgan fingerprint density at radius 3 is 2.33 bits per heavy atom. The van der Waals surface area contributed by atoms with Crippen molar-refractivity contribution in [3.8, 4) is 0 Å². The molecule has 0 aliphatic heterocycles. The number of carboxylic acids is 2. The first-order chi connectivity index (χ1) is 16.0. The van der Waals surface area contributed by atoms with Gasteiger partial charge in [0.1, 0.15) is 0 Å². The second-order valence-corrected chi connectivity index (χ2v) is 8.31. The molecule has 0 aromatic heterocycles. The fourth-order valence-corrected chi connectivity index (χ4v) is 4.70. The third-order valence-electron chi connectivity index (χ3n) is 6.25. The summed E-state index contributed by atoms with van der Waals surface area (Å²) in [5.74, 6) is -1.74. The molecule has 0 saturated heterocycles. The van der Waals surface area contributed by atoms with Crippen LogP contribution in [0.5, 0.6) is 0 Å². The largest absolute Gasteiger partial charge is 0.478 e. The monoisotopic (exact) mass is 434 g/mol. The van der Waals surface area contributed by atoms with Gasteiger partial charge in [-0.1, -0.05) is 60.7 Å². The third kappa shape index (κ3) is 3.92. The maximum Gasteiger partial charge on any atom is 0.335 e. The molecular formula is C29H22O4. The number of hydrogen-bond acceptors (Lipinski definition) is 2. The zero-order valence-corrected chi connectivity index (χ0v) is 17.9. The second kappa shape index (κ2) is 8.40. The number of hydrogen-bond donors (Lipinski definition) is 2. The van der Waals surface area contributed by atoms with Gasteiger partial charge >= 0.3 is 11.9 Å². The van der Waals surface area contributed by atoms with E-state index in [0.717, 1.165) is 35.6 Å². The van der Waals surface area contributed by atoms with Crippen molar-refractivity contribution < 1.29 is 19.8 Å². The van der Waals surface area contributed by atoms with Gasteiger partial charge in [-0.25, -0.2) is 9.59 Å². The average Bonchev–Trinajstić information content (AvgIpc) is 2.84. The molecule has 4 nitrogen and oxygen atoms in total. The molecular weight excluding hydrogens is 412 g/mol. The van der Waals surface area contributed by atoms with Gasteiger partial charge in [0, 0.05) is 0 Å². The van der Waals surface area contributed by atoms with Crippen molar-refractivity contribution in [3.05, 3.63) is 106 Å². The lowest BCUT2D eigenvalue weighted by Gasteiger charge is -2.13. The molecule has 4 heteroatoms. The lowest BCUT2D eigenvalue weighted by atomic mass is 9.91. The van der Waals surface area contributed by atoms with Crippen LogP contribution >= 0.6 is 0 Å². The van der Waals surface area contributed by atoms with Crippen molar-refractivity contribution in [2.75, 3.05) is 0 Å². The first-order valence-corrected chi connectivity index (χ1v) is 10.9. The molecule has 0 fully saturated rings. The van der Waals surface area contributed by atoms with Crippen LogP contribution in [-0.2, 0) is 12.8 Å². The van der Waals surface area contributed by atoms with E-state index >= 15 is 0 Å². The van der Waals surface area contributed by atoms with Crippen LogP contribution in [0.1, 0.15) is 49.4 Å². The molecule has 2 aliphatic rings. The summed E-state index contributed by atoms with van der Waals surface area (Å²) in [4.78, 5) is 21.9. The SMILES string of the molecule is O=C(O)c1cc2c3c(cccc3c1)CC=C2.O=C(O)c1ccc2c3c(ccc2c1)C=CCC3. The summed E-state index contributed by atoms with van der Waals surface area (Å²) in [5.41, 5.74) is 5.58. The van der Waals surface area contributed by atoms with Crippen molar-refractivity contribution in [2.45, 2.75) is 19.3 Å². The van der Waals surface area contributed by atoms with Crippen LogP contribution in [0.4, 0.5) is 0 Å². The highest BCUT2D eigenvalue weighted by atomic mass is 16.4. The average molecular weight is 434 g/mol. The minimum absolute atomic E-state index is 0.351. The fraction of sp³-hybridized carbons (Fsp3) is 0.103. The van der Waals surface area contributed by atoms with Gasteiger partial charge in [-0.3, -0.25) is 0 Å². The summed E-state index contributed by atoms with van der Waals surface area (Å²) < 4.78 is 0. The minimum atomic E-state index is -0.873. The zero-order valence-electron chi connectivity index (χ0n) is 17.9. The Balaban J connectivity index is 0.000000139. The lowest BCUT2D eigenvalue weighted by molar-refractivity contribution is 0.0686. The smallest absolute Gasteiger partial charge is 0.335 e. The predicted octanol–water partition coefficient (Wildman–Crippen LogP) is 6.60. The Labute approximate surface area is 191 Å². The molecule has 0 radical (unpaired) electrons. The number of rotatable bonds is 2. The maximum atomic E-state index is 11.0. The summed E-state index contributed by atoms with van der Waals surface area (Å²) in [5, 5.41) is 22.4. The van der Waals surface area contributed by atoms with Crippen molar-refractivity contribution in [1.82, 2.24) is 0 Å². The molecule has 33 heavy (non-hydrogen) atoms. The number of aryl methyl sites for hydroxylation is 1. The summed E-state index contributed by atoms with van der Waals surface area (Å²) in [7, 11) is 0. The molecule has 0 saturated carbocycles. The summed E-state index contributed by atoms with van der Waals surface area (Å²) in [6.45, 7) is 0. The van der Waals surface area contributed by atoms with Gasteiger partial charge in [-0.2, -0.15) is 0 Å². The van der Waals surface area contributed by atoms with Gasteiger partial charge < -0.3 is 10.2 Å². The summed E-state index contributed by atoms with van der Waals surface area (Å²) in [6, 6.07) is 18.9. The van der Waals surface area contributed by atoms with Crippen molar-refractivity contribution in [1.29, 1.82) is 0 Å².